The third-order valence-corrected chi connectivity index (χ3v) is 4.07. The van der Waals surface area contributed by atoms with Gasteiger partial charge in [0.2, 0.25) is 0 Å². The van der Waals surface area contributed by atoms with Gasteiger partial charge < -0.3 is 14.8 Å². The molecule has 0 amide bonds. The van der Waals surface area contributed by atoms with Crippen LogP contribution in [-0.2, 0) is 9.47 Å². The Labute approximate surface area is 113 Å². The molecule has 0 radical (unpaired) electrons. The van der Waals surface area contributed by atoms with Gasteiger partial charge in [-0.1, -0.05) is 27.2 Å². The summed E-state index contributed by atoms with van der Waals surface area (Å²) in [7, 11) is 0. The number of hydrogen-bond donors (Lipinski definition) is 1. The van der Waals surface area contributed by atoms with E-state index in [1.165, 1.54) is 12.8 Å². The molecule has 0 aromatic heterocycles. The van der Waals surface area contributed by atoms with E-state index in [2.05, 4.69) is 33.0 Å². The molecule has 3 heteroatoms. The van der Waals surface area contributed by atoms with Gasteiger partial charge >= 0.3 is 0 Å². The quantitative estimate of drug-likeness (QED) is 0.725. The average Bonchev–Trinajstić information content (AvgIpc) is 2.37. The van der Waals surface area contributed by atoms with Crippen LogP contribution in [0.15, 0.2) is 0 Å². The van der Waals surface area contributed by atoms with Gasteiger partial charge in [0.1, 0.15) is 0 Å². The van der Waals surface area contributed by atoms with E-state index in [9.17, 15) is 0 Å². The molecule has 108 valence electrons. The molecule has 0 bridgehead atoms. The predicted molar refractivity (Wildman–Crippen MR) is 75.9 cm³/mol. The van der Waals surface area contributed by atoms with Gasteiger partial charge in [0.15, 0.2) is 0 Å². The second kappa shape index (κ2) is 8.13. The zero-order valence-electron chi connectivity index (χ0n) is 12.6. The Kier molecular flexibility index (Phi) is 7.20. The highest BCUT2D eigenvalue weighted by atomic mass is 16.5. The maximum atomic E-state index is 6.21. The molecule has 0 aliphatic carbocycles. The highest BCUT2D eigenvalue weighted by Gasteiger charge is 2.42. The van der Waals surface area contributed by atoms with Crippen molar-refractivity contribution in [2.24, 2.45) is 5.92 Å². The van der Waals surface area contributed by atoms with Crippen LogP contribution in [0.1, 0.15) is 53.4 Å². The van der Waals surface area contributed by atoms with Crippen LogP contribution in [0.25, 0.3) is 0 Å². The summed E-state index contributed by atoms with van der Waals surface area (Å²) >= 11 is 0. The van der Waals surface area contributed by atoms with Crippen molar-refractivity contribution in [3.8, 4) is 0 Å². The number of hydrogen-bond acceptors (Lipinski definition) is 3. The van der Waals surface area contributed by atoms with Crippen molar-refractivity contribution in [2.45, 2.75) is 65.0 Å². The summed E-state index contributed by atoms with van der Waals surface area (Å²) in [5, 5.41) is 3.68. The van der Waals surface area contributed by atoms with Crippen LogP contribution < -0.4 is 5.32 Å². The van der Waals surface area contributed by atoms with Gasteiger partial charge in [-0.25, -0.2) is 0 Å². The Hall–Kier alpha value is -0.120. The summed E-state index contributed by atoms with van der Waals surface area (Å²) in [4.78, 5) is 0. The van der Waals surface area contributed by atoms with E-state index >= 15 is 0 Å². The second-order valence-corrected chi connectivity index (χ2v) is 5.41. The fraction of sp³-hybridized carbons (Fsp3) is 1.00. The zero-order valence-corrected chi connectivity index (χ0v) is 12.6. The van der Waals surface area contributed by atoms with E-state index < -0.39 is 0 Å². The molecule has 1 heterocycles. The Morgan fingerprint density at radius 3 is 2.39 bits per heavy atom. The lowest BCUT2D eigenvalue weighted by atomic mass is 9.78. The maximum Gasteiger partial charge on any atom is 0.0880 e. The molecule has 1 saturated heterocycles. The first-order chi connectivity index (χ1) is 8.70. The summed E-state index contributed by atoms with van der Waals surface area (Å²) in [6.45, 7) is 12.4. The molecular weight excluding hydrogens is 226 g/mol. The number of likely N-dealkylation sites (N-methyl/N-ethyl adjacent to an activating group) is 1. The van der Waals surface area contributed by atoms with Crippen LogP contribution in [-0.4, -0.2) is 38.0 Å². The van der Waals surface area contributed by atoms with Gasteiger partial charge in [0.05, 0.1) is 5.60 Å². The zero-order chi connectivity index (χ0) is 13.4. The number of nitrogens with one attached hydrogen (secondary N) is 1. The normalized spacial score (nSPS) is 22.7. The highest BCUT2D eigenvalue weighted by molar-refractivity contribution is 4.97. The van der Waals surface area contributed by atoms with E-state index in [1.54, 1.807) is 0 Å². The summed E-state index contributed by atoms with van der Waals surface area (Å²) in [5.74, 6) is 0.652. The van der Waals surface area contributed by atoms with E-state index in [0.717, 1.165) is 39.2 Å². The Morgan fingerprint density at radius 1 is 1.22 bits per heavy atom. The topological polar surface area (TPSA) is 30.5 Å². The van der Waals surface area contributed by atoms with Crippen LogP contribution in [0, 0.1) is 5.92 Å². The molecule has 18 heavy (non-hydrogen) atoms. The van der Waals surface area contributed by atoms with Gasteiger partial charge in [-0.3, -0.25) is 0 Å². The predicted octanol–water partition coefficient (Wildman–Crippen LogP) is 2.99. The van der Waals surface area contributed by atoms with Crippen molar-refractivity contribution >= 4 is 0 Å². The van der Waals surface area contributed by atoms with Gasteiger partial charge in [-0.2, -0.15) is 0 Å². The number of ether oxygens (including phenoxy) is 2. The first-order valence-corrected chi connectivity index (χ1v) is 7.65. The summed E-state index contributed by atoms with van der Waals surface area (Å²) in [6, 6.07) is 0.450. The molecular formula is C15H31NO2. The average molecular weight is 257 g/mol. The fourth-order valence-corrected chi connectivity index (χ4v) is 3.30. The van der Waals surface area contributed by atoms with Crippen molar-refractivity contribution < 1.29 is 9.47 Å². The monoisotopic (exact) mass is 257 g/mol. The summed E-state index contributed by atoms with van der Waals surface area (Å²) < 4.78 is 11.7. The lowest BCUT2D eigenvalue weighted by molar-refractivity contribution is -0.135. The third kappa shape index (κ3) is 3.94. The molecule has 0 spiro atoms. The van der Waals surface area contributed by atoms with Crippen molar-refractivity contribution in [2.75, 3.05) is 26.4 Å². The van der Waals surface area contributed by atoms with Crippen LogP contribution in [0.4, 0.5) is 0 Å². The van der Waals surface area contributed by atoms with E-state index in [1.807, 2.05) is 0 Å². The smallest absolute Gasteiger partial charge is 0.0880 e. The number of rotatable bonds is 8. The molecule has 2 unspecified atom stereocenters. The SMILES string of the molecule is CCCC(C)C(NCC)C1(OCC)CCOCC1. The minimum atomic E-state index is -0.0163. The third-order valence-electron chi connectivity index (χ3n) is 4.07. The first-order valence-electron chi connectivity index (χ1n) is 7.65. The van der Waals surface area contributed by atoms with Crippen LogP contribution in [0.5, 0.6) is 0 Å². The minimum absolute atomic E-state index is 0.0163. The summed E-state index contributed by atoms with van der Waals surface area (Å²) in [5.41, 5.74) is -0.0163. The molecule has 1 aliphatic heterocycles. The van der Waals surface area contributed by atoms with E-state index in [-0.39, 0.29) is 5.60 Å². The van der Waals surface area contributed by atoms with Crippen molar-refractivity contribution in [1.29, 1.82) is 0 Å². The lowest BCUT2D eigenvalue weighted by Gasteiger charge is -2.46. The maximum absolute atomic E-state index is 6.21. The minimum Gasteiger partial charge on any atom is -0.381 e. The Balaban J connectivity index is 2.81. The highest BCUT2D eigenvalue weighted by Crippen LogP contribution is 2.33. The van der Waals surface area contributed by atoms with E-state index in [0.29, 0.717) is 12.0 Å². The van der Waals surface area contributed by atoms with Gasteiger partial charge in [0.25, 0.3) is 0 Å². The van der Waals surface area contributed by atoms with Gasteiger partial charge in [0, 0.05) is 38.7 Å². The lowest BCUT2D eigenvalue weighted by Crippen LogP contribution is -2.58. The molecule has 0 aromatic rings. The van der Waals surface area contributed by atoms with Crippen LogP contribution in [0.3, 0.4) is 0 Å². The van der Waals surface area contributed by atoms with Crippen molar-refractivity contribution in [1.82, 2.24) is 5.32 Å². The Morgan fingerprint density at radius 2 is 1.89 bits per heavy atom. The largest absolute Gasteiger partial charge is 0.381 e. The standard InChI is InChI=1S/C15H31NO2/c1-5-8-13(4)14(16-6-2)15(18-7-3)9-11-17-12-10-15/h13-14,16H,5-12H2,1-4H3. The van der Waals surface area contributed by atoms with Gasteiger partial charge in [-0.15, -0.1) is 0 Å². The van der Waals surface area contributed by atoms with Crippen molar-refractivity contribution in [3.63, 3.8) is 0 Å². The molecule has 1 rings (SSSR count). The van der Waals surface area contributed by atoms with Crippen LogP contribution in [0.2, 0.25) is 0 Å². The Bertz CT molecular complexity index is 209. The molecule has 1 aliphatic rings. The fourth-order valence-electron chi connectivity index (χ4n) is 3.30. The molecule has 0 saturated carbocycles. The van der Waals surface area contributed by atoms with Crippen LogP contribution >= 0.6 is 0 Å². The first kappa shape index (κ1) is 15.9. The van der Waals surface area contributed by atoms with E-state index in [4.69, 9.17) is 9.47 Å². The molecule has 3 nitrogen and oxygen atoms in total. The molecule has 0 aromatic carbocycles. The second-order valence-electron chi connectivity index (χ2n) is 5.41. The molecule has 1 N–H and O–H groups in total. The van der Waals surface area contributed by atoms with Gasteiger partial charge in [-0.05, 0) is 25.8 Å². The molecule has 1 fully saturated rings. The van der Waals surface area contributed by atoms with Crippen molar-refractivity contribution in [3.05, 3.63) is 0 Å². The summed E-state index contributed by atoms with van der Waals surface area (Å²) in [6.07, 6.45) is 4.54. The molecule has 2 atom stereocenters.